The van der Waals surface area contributed by atoms with Crippen LogP contribution in [0.15, 0.2) is 71.7 Å². The first-order chi connectivity index (χ1) is 15.1. The predicted octanol–water partition coefficient (Wildman–Crippen LogP) is 2.90. The third-order valence-corrected chi connectivity index (χ3v) is 4.77. The van der Waals surface area contributed by atoms with Gasteiger partial charge in [-0.2, -0.15) is 0 Å². The van der Waals surface area contributed by atoms with Gasteiger partial charge in [0.05, 0.1) is 12.8 Å². The molecule has 0 saturated heterocycles. The standard InChI is InChI=1S/C23H19FN4O3/c1-31-19-7-3-2-6-18(19)28-21-17(5-4-13-25-21)27-20(23(28)30)22(29)26-14-12-15-8-10-16(24)11-9-15/h2-11,13H,12,14H2,1H3,(H,26,29). The summed E-state index contributed by atoms with van der Waals surface area (Å²) in [5, 5.41) is 2.71. The first kappa shape index (κ1) is 20.2. The number of hydrogen-bond donors (Lipinski definition) is 1. The molecule has 156 valence electrons. The minimum atomic E-state index is -0.602. The summed E-state index contributed by atoms with van der Waals surface area (Å²) in [7, 11) is 1.50. The van der Waals surface area contributed by atoms with E-state index in [1.807, 2.05) is 0 Å². The highest BCUT2D eigenvalue weighted by Crippen LogP contribution is 2.23. The van der Waals surface area contributed by atoms with Gasteiger partial charge in [-0.05, 0) is 48.4 Å². The number of pyridine rings is 1. The first-order valence-corrected chi connectivity index (χ1v) is 9.62. The first-order valence-electron chi connectivity index (χ1n) is 9.62. The molecule has 0 aliphatic heterocycles. The summed E-state index contributed by atoms with van der Waals surface area (Å²) in [6.45, 7) is 0.269. The van der Waals surface area contributed by atoms with E-state index in [1.54, 1.807) is 54.7 Å². The Morgan fingerprint density at radius 3 is 2.65 bits per heavy atom. The molecule has 0 aliphatic carbocycles. The summed E-state index contributed by atoms with van der Waals surface area (Å²) in [6, 6.07) is 16.4. The predicted molar refractivity (Wildman–Crippen MR) is 114 cm³/mol. The average Bonchev–Trinajstić information content (AvgIpc) is 2.80. The van der Waals surface area contributed by atoms with Gasteiger partial charge >= 0.3 is 0 Å². The maximum atomic E-state index is 13.3. The van der Waals surface area contributed by atoms with Crippen molar-refractivity contribution in [3.05, 3.63) is 94.3 Å². The average molecular weight is 418 g/mol. The Morgan fingerprint density at radius 2 is 1.87 bits per heavy atom. The van der Waals surface area contributed by atoms with Crippen molar-refractivity contribution in [3.8, 4) is 11.4 Å². The maximum absolute atomic E-state index is 13.3. The van der Waals surface area contributed by atoms with Crippen LogP contribution in [0.3, 0.4) is 0 Å². The lowest BCUT2D eigenvalue weighted by Gasteiger charge is -2.14. The van der Waals surface area contributed by atoms with Gasteiger partial charge < -0.3 is 10.1 Å². The molecule has 0 bridgehead atoms. The summed E-state index contributed by atoms with van der Waals surface area (Å²) in [6.07, 6.45) is 2.04. The van der Waals surface area contributed by atoms with Crippen LogP contribution < -0.4 is 15.6 Å². The number of nitrogens with one attached hydrogen (secondary N) is 1. The molecule has 0 spiro atoms. The molecule has 4 aromatic rings. The Labute approximate surface area is 177 Å². The molecule has 0 radical (unpaired) electrons. The van der Waals surface area contributed by atoms with E-state index in [9.17, 15) is 14.0 Å². The Hall–Kier alpha value is -4.07. The molecular formula is C23H19FN4O3. The van der Waals surface area contributed by atoms with Gasteiger partial charge in [-0.1, -0.05) is 24.3 Å². The molecule has 2 aromatic heterocycles. The minimum absolute atomic E-state index is 0.245. The van der Waals surface area contributed by atoms with Gasteiger partial charge in [0, 0.05) is 12.7 Å². The smallest absolute Gasteiger partial charge is 0.288 e. The number of fused-ring (bicyclic) bond motifs is 1. The molecular weight excluding hydrogens is 399 g/mol. The van der Waals surface area contributed by atoms with Gasteiger partial charge in [0.15, 0.2) is 11.3 Å². The zero-order valence-corrected chi connectivity index (χ0v) is 16.7. The molecule has 31 heavy (non-hydrogen) atoms. The molecule has 0 atom stereocenters. The van der Waals surface area contributed by atoms with E-state index in [2.05, 4.69) is 15.3 Å². The van der Waals surface area contributed by atoms with Crippen molar-refractivity contribution in [3.63, 3.8) is 0 Å². The van der Waals surface area contributed by atoms with E-state index in [-0.39, 0.29) is 18.1 Å². The lowest BCUT2D eigenvalue weighted by atomic mass is 10.1. The van der Waals surface area contributed by atoms with Gasteiger partial charge in [-0.3, -0.25) is 14.2 Å². The molecule has 2 heterocycles. The number of nitrogens with zero attached hydrogens (tertiary/aromatic N) is 3. The number of rotatable bonds is 6. The number of halogens is 1. The normalized spacial score (nSPS) is 10.8. The summed E-state index contributed by atoms with van der Waals surface area (Å²) in [5.41, 5.74) is 1.20. The molecule has 2 aromatic carbocycles. The Bertz CT molecular complexity index is 1300. The van der Waals surface area contributed by atoms with Crippen molar-refractivity contribution in [1.82, 2.24) is 19.9 Å². The van der Waals surface area contributed by atoms with Gasteiger partial charge in [0.1, 0.15) is 17.1 Å². The lowest BCUT2D eigenvalue weighted by molar-refractivity contribution is 0.0947. The summed E-state index contributed by atoms with van der Waals surface area (Å²) < 4.78 is 19.8. The van der Waals surface area contributed by atoms with Gasteiger partial charge in [-0.15, -0.1) is 0 Å². The van der Waals surface area contributed by atoms with Crippen molar-refractivity contribution in [2.24, 2.45) is 0 Å². The Balaban J connectivity index is 1.70. The van der Waals surface area contributed by atoms with Crippen molar-refractivity contribution < 1.29 is 13.9 Å². The molecule has 4 rings (SSSR count). The fourth-order valence-electron chi connectivity index (χ4n) is 3.26. The fraction of sp³-hybridized carbons (Fsp3) is 0.130. The number of carbonyl (C=O) groups is 1. The van der Waals surface area contributed by atoms with Crippen molar-refractivity contribution in [1.29, 1.82) is 0 Å². The van der Waals surface area contributed by atoms with Crippen LogP contribution in [0.2, 0.25) is 0 Å². The third-order valence-electron chi connectivity index (χ3n) is 4.77. The highest BCUT2D eigenvalue weighted by molar-refractivity contribution is 5.93. The van der Waals surface area contributed by atoms with E-state index < -0.39 is 11.5 Å². The van der Waals surface area contributed by atoms with Crippen LogP contribution in [0, 0.1) is 5.82 Å². The minimum Gasteiger partial charge on any atom is -0.495 e. The molecule has 0 aliphatic rings. The molecule has 0 unspecified atom stereocenters. The van der Waals surface area contributed by atoms with Crippen LogP contribution in [-0.4, -0.2) is 34.1 Å². The van der Waals surface area contributed by atoms with Crippen LogP contribution in [0.25, 0.3) is 16.9 Å². The highest BCUT2D eigenvalue weighted by atomic mass is 19.1. The van der Waals surface area contributed by atoms with Gasteiger partial charge in [0.2, 0.25) is 0 Å². The third kappa shape index (κ3) is 4.13. The maximum Gasteiger partial charge on any atom is 0.288 e. The van der Waals surface area contributed by atoms with Crippen molar-refractivity contribution in [2.75, 3.05) is 13.7 Å². The molecule has 1 amide bonds. The quantitative estimate of drug-likeness (QED) is 0.520. The van der Waals surface area contributed by atoms with Crippen LogP contribution in [0.4, 0.5) is 4.39 Å². The molecule has 0 fully saturated rings. The van der Waals surface area contributed by atoms with E-state index in [4.69, 9.17) is 4.74 Å². The van der Waals surface area contributed by atoms with E-state index in [0.717, 1.165) is 5.56 Å². The van der Waals surface area contributed by atoms with Crippen molar-refractivity contribution >= 4 is 17.1 Å². The lowest BCUT2D eigenvalue weighted by Crippen LogP contribution is -2.35. The Kier molecular flexibility index (Phi) is 5.70. The summed E-state index contributed by atoms with van der Waals surface area (Å²) in [5.74, 6) is -0.453. The van der Waals surface area contributed by atoms with Crippen LogP contribution in [0.5, 0.6) is 5.75 Å². The molecule has 0 saturated carbocycles. The van der Waals surface area contributed by atoms with E-state index in [0.29, 0.717) is 29.0 Å². The molecule has 8 heteroatoms. The number of ether oxygens (including phenoxy) is 1. The monoisotopic (exact) mass is 418 g/mol. The number of para-hydroxylation sites is 2. The van der Waals surface area contributed by atoms with Gasteiger partial charge in [-0.25, -0.2) is 14.4 Å². The second-order valence-corrected chi connectivity index (χ2v) is 6.75. The summed E-state index contributed by atoms with van der Waals surface area (Å²) >= 11 is 0. The summed E-state index contributed by atoms with van der Waals surface area (Å²) in [4.78, 5) is 34.6. The van der Waals surface area contributed by atoms with E-state index >= 15 is 0 Å². The van der Waals surface area contributed by atoms with Crippen LogP contribution in [-0.2, 0) is 6.42 Å². The molecule has 7 nitrogen and oxygen atoms in total. The van der Waals surface area contributed by atoms with Crippen LogP contribution >= 0.6 is 0 Å². The van der Waals surface area contributed by atoms with Crippen molar-refractivity contribution in [2.45, 2.75) is 6.42 Å². The Morgan fingerprint density at radius 1 is 1.10 bits per heavy atom. The second kappa shape index (κ2) is 8.74. The SMILES string of the molecule is COc1ccccc1-n1c(=O)c(C(=O)NCCc2ccc(F)cc2)nc2cccnc21. The molecule has 1 N–H and O–H groups in total. The zero-order valence-electron chi connectivity index (χ0n) is 16.7. The topological polar surface area (TPSA) is 86.1 Å². The second-order valence-electron chi connectivity index (χ2n) is 6.75. The largest absolute Gasteiger partial charge is 0.495 e. The number of aromatic nitrogens is 3. The fourth-order valence-corrected chi connectivity index (χ4v) is 3.26. The van der Waals surface area contributed by atoms with Gasteiger partial charge in [0.25, 0.3) is 11.5 Å². The number of amides is 1. The number of carbonyl (C=O) groups excluding carboxylic acids is 1. The number of methoxy groups -OCH3 is 1. The van der Waals surface area contributed by atoms with E-state index in [1.165, 1.54) is 23.8 Å². The zero-order chi connectivity index (χ0) is 21.8. The van der Waals surface area contributed by atoms with Crippen LogP contribution in [0.1, 0.15) is 16.1 Å². The number of hydrogen-bond acceptors (Lipinski definition) is 5. The highest BCUT2D eigenvalue weighted by Gasteiger charge is 2.20. The number of benzene rings is 2.